The normalized spacial score (nSPS) is 13.7. The van der Waals surface area contributed by atoms with Crippen molar-refractivity contribution in [1.29, 1.82) is 0 Å². The molecule has 0 saturated heterocycles. The van der Waals surface area contributed by atoms with Crippen LogP contribution in [0.5, 0.6) is 17.2 Å². The highest BCUT2D eigenvalue weighted by atomic mass is 16.3. The van der Waals surface area contributed by atoms with Gasteiger partial charge in [0.15, 0.2) is 0 Å². The number of aliphatic hydroxyl groups excluding tert-OH is 1. The average molecular weight is 412 g/mol. The second-order valence-corrected chi connectivity index (χ2v) is 8.29. The number of furan rings is 1. The van der Waals surface area contributed by atoms with Gasteiger partial charge < -0.3 is 29.9 Å². The van der Waals surface area contributed by atoms with Crippen molar-refractivity contribution >= 4 is 11.0 Å². The van der Waals surface area contributed by atoms with Crippen molar-refractivity contribution in [3.8, 4) is 28.6 Å². The molecule has 6 nitrogen and oxygen atoms in total. The van der Waals surface area contributed by atoms with Gasteiger partial charge in [0.05, 0.1) is 11.7 Å². The van der Waals surface area contributed by atoms with Gasteiger partial charge in [-0.1, -0.05) is 11.6 Å². The minimum absolute atomic E-state index is 0.0473. The molecule has 0 amide bonds. The predicted octanol–water partition coefficient (Wildman–Crippen LogP) is 4.62. The van der Waals surface area contributed by atoms with Crippen LogP contribution in [0.25, 0.3) is 22.3 Å². The number of allylic oxidation sites excluding steroid dienone is 2. The number of hydrogen-bond donors (Lipinski definition) is 5. The largest absolute Gasteiger partial charge is 0.508 e. The van der Waals surface area contributed by atoms with Crippen molar-refractivity contribution < 1.29 is 29.9 Å². The molecule has 3 rings (SSSR count). The molecule has 0 radical (unpaired) electrons. The van der Waals surface area contributed by atoms with Crippen LogP contribution < -0.4 is 0 Å². The molecule has 160 valence electrons. The number of hydrogen-bond acceptors (Lipinski definition) is 6. The predicted molar refractivity (Wildman–Crippen MR) is 116 cm³/mol. The van der Waals surface area contributed by atoms with Crippen LogP contribution in [0.15, 0.2) is 52.5 Å². The van der Waals surface area contributed by atoms with Gasteiger partial charge in [-0.2, -0.15) is 0 Å². The molecule has 0 bridgehead atoms. The number of fused-ring (bicyclic) bond motifs is 1. The standard InChI is InChI=1S/C24H28O6/c1-14(5-9-23(28)24(2,3)29)4-8-18-19(26)10-16(11-20(18)27)21-12-15-6-7-17(25)13-22(15)30-21/h4,6-7,10-13,23,25-29H,5,8-9H2,1-3H3. The second kappa shape index (κ2) is 8.42. The Morgan fingerprint density at radius 2 is 1.73 bits per heavy atom. The van der Waals surface area contributed by atoms with E-state index in [-0.39, 0.29) is 17.2 Å². The van der Waals surface area contributed by atoms with Crippen molar-refractivity contribution in [3.05, 3.63) is 53.6 Å². The van der Waals surface area contributed by atoms with E-state index in [1.165, 1.54) is 18.2 Å². The molecule has 0 aliphatic heterocycles. The topological polar surface area (TPSA) is 114 Å². The quantitative estimate of drug-likeness (QED) is 0.362. The van der Waals surface area contributed by atoms with Crippen LogP contribution in [0, 0.1) is 0 Å². The van der Waals surface area contributed by atoms with Gasteiger partial charge in [-0.25, -0.2) is 0 Å². The Kier molecular flexibility index (Phi) is 6.10. The Balaban J connectivity index is 1.75. The molecule has 1 heterocycles. The van der Waals surface area contributed by atoms with Gasteiger partial charge in [0.25, 0.3) is 0 Å². The lowest BCUT2D eigenvalue weighted by Crippen LogP contribution is -2.35. The molecule has 2 aromatic carbocycles. The van der Waals surface area contributed by atoms with E-state index in [0.717, 1.165) is 11.0 Å². The van der Waals surface area contributed by atoms with Gasteiger partial charge in [-0.3, -0.25) is 0 Å². The van der Waals surface area contributed by atoms with Crippen LogP contribution in [0.3, 0.4) is 0 Å². The summed E-state index contributed by atoms with van der Waals surface area (Å²) >= 11 is 0. The Hall–Kier alpha value is -2.96. The van der Waals surface area contributed by atoms with E-state index < -0.39 is 11.7 Å². The number of aromatic hydroxyl groups is 3. The summed E-state index contributed by atoms with van der Waals surface area (Å²) in [5.74, 6) is 0.476. The fraction of sp³-hybridized carbons (Fsp3) is 0.333. The first-order valence-electron chi connectivity index (χ1n) is 9.88. The lowest BCUT2D eigenvalue weighted by molar-refractivity contribution is -0.0509. The average Bonchev–Trinajstić information content (AvgIpc) is 3.07. The zero-order chi connectivity index (χ0) is 22.1. The van der Waals surface area contributed by atoms with Crippen molar-refractivity contribution in [2.24, 2.45) is 0 Å². The molecule has 5 N–H and O–H groups in total. The van der Waals surface area contributed by atoms with Gasteiger partial charge in [-0.05, 0) is 70.4 Å². The molecule has 30 heavy (non-hydrogen) atoms. The van der Waals surface area contributed by atoms with Crippen LogP contribution in [0.2, 0.25) is 0 Å². The fourth-order valence-electron chi connectivity index (χ4n) is 3.25. The third-order valence-corrected chi connectivity index (χ3v) is 5.27. The van der Waals surface area contributed by atoms with E-state index >= 15 is 0 Å². The zero-order valence-electron chi connectivity index (χ0n) is 17.4. The van der Waals surface area contributed by atoms with Crippen molar-refractivity contribution in [3.63, 3.8) is 0 Å². The number of phenols is 3. The summed E-state index contributed by atoms with van der Waals surface area (Å²) in [6, 6.07) is 9.65. The van der Waals surface area contributed by atoms with E-state index in [4.69, 9.17) is 4.42 Å². The van der Waals surface area contributed by atoms with Crippen LogP contribution in [-0.2, 0) is 6.42 Å². The first kappa shape index (κ1) is 21.7. The molecular formula is C24H28O6. The first-order valence-corrected chi connectivity index (χ1v) is 9.88. The van der Waals surface area contributed by atoms with E-state index in [2.05, 4.69) is 0 Å². The lowest BCUT2D eigenvalue weighted by atomic mass is 9.95. The van der Waals surface area contributed by atoms with Crippen LogP contribution in [0.1, 0.15) is 39.2 Å². The third kappa shape index (κ3) is 4.96. The summed E-state index contributed by atoms with van der Waals surface area (Å²) < 4.78 is 5.73. The lowest BCUT2D eigenvalue weighted by Gasteiger charge is -2.24. The maximum absolute atomic E-state index is 10.4. The van der Waals surface area contributed by atoms with E-state index in [9.17, 15) is 25.5 Å². The van der Waals surface area contributed by atoms with E-state index in [0.29, 0.717) is 41.7 Å². The molecule has 0 spiro atoms. The van der Waals surface area contributed by atoms with E-state index in [1.54, 1.807) is 32.0 Å². The molecule has 1 atom stereocenters. The van der Waals surface area contributed by atoms with Crippen molar-refractivity contribution in [1.82, 2.24) is 0 Å². The van der Waals surface area contributed by atoms with Gasteiger partial charge in [0, 0.05) is 22.6 Å². The molecule has 0 saturated carbocycles. The zero-order valence-corrected chi connectivity index (χ0v) is 17.4. The second-order valence-electron chi connectivity index (χ2n) is 8.29. The molecule has 0 aliphatic rings. The number of rotatable bonds is 7. The Morgan fingerprint density at radius 1 is 1.07 bits per heavy atom. The third-order valence-electron chi connectivity index (χ3n) is 5.27. The summed E-state index contributed by atoms with van der Waals surface area (Å²) in [5, 5.41) is 51.0. The minimum Gasteiger partial charge on any atom is -0.508 e. The van der Waals surface area contributed by atoms with Crippen LogP contribution >= 0.6 is 0 Å². The van der Waals surface area contributed by atoms with Crippen LogP contribution in [-0.4, -0.2) is 37.2 Å². The number of phenolic OH excluding ortho intramolecular Hbond substituents is 3. The van der Waals surface area contributed by atoms with Gasteiger partial charge in [0.2, 0.25) is 0 Å². The summed E-state index contributed by atoms with van der Waals surface area (Å²) in [6.45, 7) is 5.04. The van der Waals surface area contributed by atoms with Crippen molar-refractivity contribution in [2.75, 3.05) is 0 Å². The molecule has 1 aromatic heterocycles. The Morgan fingerprint density at radius 3 is 2.37 bits per heavy atom. The molecule has 6 heteroatoms. The highest BCUT2D eigenvalue weighted by Gasteiger charge is 2.23. The van der Waals surface area contributed by atoms with Gasteiger partial charge >= 0.3 is 0 Å². The van der Waals surface area contributed by atoms with E-state index in [1.807, 2.05) is 13.0 Å². The Labute approximate surface area is 175 Å². The summed E-state index contributed by atoms with van der Waals surface area (Å²) in [4.78, 5) is 0. The maximum atomic E-state index is 10.4. The maximum Gasteiger partial charge on any atom is 0.138 e. The molecule has 0 fully saturated rings. The van der Waals surface area contributed by atoms with Crippen LogP contribution in [0.4, 0.5) is 0 Å². The molecular weight excluding hydrogens is 384 g/mol. The first-order chi connectivity index (χ1) is 14.0. The fourth-order valence-corrected chi connectivity index (χ4v) is 3.25. The minimum atomic E-state index is -1.15. The summed E-state index contributed by atoms with van der Waals surface area (Å²) in [7, 11) is 0. The van der Waals surface area contributed by atoms with Crippen molar-refractivity contribution in [2.45, 2.75) is 51.7 Å². The SMILES string of the molecule is CC(=CCc1c(O)cc(-c2cc3ccc(O)cc3o2)cc1O)CCC(O)C(C)(C)O. The summed E-state index contributed by atoms with van der Waals surface area (Å²) in [5.41, 5.74) is 1.27. The number of aliphatic hydroxyl groups is 2. The highest BCUT2D eigenvalue weighted by molar-refractivity contribution is 5.84. The molecule has 3 aromatic rings. The van der Waals surface area contributed by atoms with Gasteiger partial charge in [-0.15, -0.1) is 0 Å². The monoisotopic (exact) mass is 412 g/mol. The Bertz CT molecular complexity index is 1050. The number of benzene rings is 2. The summed E-state index contributed by atoms with van der Waals surface area (Å²) in [6.07, 6.45) is 2.40. The molecule has 1 unspecified atom stereocenters. The van der Waals surface area contributed by atoms with Gasteiger partial charge in [0.1, 0.15) is 28.6 Å². The highest BCUT2D eigenvalue weighted by Crippen LogP contribution is 2.37. The molecule has 0 aliphatic carbocycles. The smallest absolute Gasteiger partial charge is 0.138 e.